The zero-order valence-electron chi connectivity index (χ0n) is 10.7. The smallest absolute Gasteiger partial charge is 0.243 e. The molecule has 4 nitrogen and oxygen atoms in total. The van der Waals surface area contributed by atoms with Crippen LogP contribution in [0.15, 0.2) is 29.2 Å². The van der Waals surface area contributed by atoms with Gasteiger partial charge in [-0.15, -0.1) is 12.4 Å². The van der Waals surface area contributed by atoms with Gasteiger partial charge in [-0.3, -0.25) is 0 Å². The van der Waals surface area contributed by atoms with Gasteiger partial charge >= 0.3 is 0 Å². The van der Waals surface area contributed by atoms with E-state index in [9.17, 15) is 8.42 Å². The molecule has 0 bridgehead atoms. The number of rotatable bonds is 3. The van der Waals surface area contributed by atoms with Gasteiger partial charge in [-0.2, -0.15) is 4.31 Å². The Hall–Kier alpha value is -0.330. The largest absolute Gasteiger partial charge is 0.330 e. The van der Waals surface area contributed by atoms with E-state index in [-0.39, 0.29) is 22.7 Å². The van der Waals surface area contributed by atoms with Crippen LogP contribution >= 0.6 is 24.0 Å². The number of nitrogens with two attached hydrogens (primary N) is 1. The summed E-state index contributed by atoms with van der Waals surface area (Å²) in [7, 11) is -3.45. The number of sulfonamides is 1. The molecule has 0 amide bonds. The van der Waals surface area contributed by atoms with Gasteiger partial charge < -0.3 is 5.73 Å². The molecule has 1 heterocycles. The van der Waals surface area contributed by atoms with E-state index in [4.69, 9.17) is 17.3 Å². The van der Waals surface area contributed by atoms with Crippen molar-refractivity contribution in [2.24, 2.45) is 11.1 Å². The molecule has 108 valence electrons. The summed E-state index contributed by atoms with van der Waals surface area (Å²) in [5.74, 6) is 0. The van der Waals surface area contributed by atoms with Crippen molar-refractivity contribution in [1.29, 1.82) is 0 Å². The Morgan fingerprint density at radius 2 is 2.16 bits per heavy atom. The molecule has 2 N–H and O–H groups in total. The average molecular weight is 325 g/mol. The standard InChI is InChI=1S/C12H17ClN2O2S.ClH/c1-12(8-14)5-6-15(9-12)18(16,17)11-4-2-3-10(13)7-11;/h2-4,7H,5-6,8-9,14H2,1H3;1H. The maximum absolute atomic E-state index is 12.4. The Kier molecular flexibility index (Phi) is 5.26. The van der Waals surface area contributed by atoms with Gasteiger partial charge in [0.2, 0.25) is 10.0 Å². The van der Waals surface area contributed by atoms with Crippen LogP contribution in [0.25, 0.3) is 0 Å². The zero-order valence-corrected chi connectivity index (χ0v) is 13.1. The lowest BCUT2D eigenvalue weighted by Gasteiger charge is -2.22. The molecule has 0 aromatic heterocycles. The second kappa shape index (κ2) is 5.97. The van der Waals surface area contributed by atoms with E-state index in [0.717, 1.165) is 6.42 Å². The lowest BCUT2D eigenvalue weighted by molar-refractivity contribution is 0.349. The predicted molar refractivity (Wildman–Crippen MR) is 79.2 cm³/mol. The van der Waals surface area contributed by atoms with Gasteiger partial charge in [0.15, 0.2) is 0 Å². The molecular weight excluding hydrogens is 307 g/mol. The van der Waals surface area contributed by atoms with Crippen LogP contribution in [0.3, 0.4) is 0 Å². The van der Waals surface area contributed by atoms with Crippen LogP contribution in [-0.4, -0.2) is 32.4 Å². The highest BCUT2D eigenvalue weighted by molar-refractivity contribution is 7.89. The quantitative estimate of drug-likeness (QED) is 0.926. The van der Waals surface area contributed by atoms with E-state index in [1.165, 1.54) is 10.4 Å². The highest BCUT2D eigenvalue weighted by Crippen LogP contribution is 2.32. The molecule has 0 aliphatic carbocycles. The van der Waals surface area contributed by atoms with Gasteiger partial charge in [-0.25, -0.2) is 8.42 Å². The first-order valence-corrected chi connectivity index (χ1v) is 7.65. The van der Waals surface area contributed by atoms with Crippen molar-refractivity contribution in [3.8, 4) is 0 Å². The van der Waals surface area contributed by atoms with E-state index in [1.54, 1.807) is 18.2 Å². The summed E-state index contributed by atoms with van der Waals surface area (Å²) in [6, 6.07) is 6.36. The Labute approximate surface area is 125 Å². The van der Waals surface area contributed by atoms with Crippen molar-refractivity contribution >= 4 is 34.0 Å². The number of benzene rings is 1. The van der Waals surface area contributed by atoms with Gasteiger partial charge in [0.1, 0.15) is 0 Å². The Bertz CT molecular complexity index is 550. The normalized spacial score (nSPS) is 24.2. The fraction of sp³-hybridized carbons (Fsp3) is 0.500. The summed E-state index contributed by atoms with van der Waals surface area (Å²) < 4.78 is 26.3. The molecule has 1 atom stereocenters. The topological polar surface area (TPSA) is 63.4 Å². The van der Waals surface area contributed by atoms with E-state index >= 15 is 0 Å². The van der Waals surface area contributed by atoms with Gasteiger partial charge in [0.05, 0.1) is 4.90 Å². The van der Waals surface area contributed by atoms with E-state index in [1.807, 2.05) is 6.92 Å². The second-order valence-corrected chi connectivity index (χ2v) is 7.44. The molecule has 19 heavy (non-hydrogen) atoms. The maximum Gasteiger partial charge on any atom is 0.243 e. The Balaban J connectivity index is 0.00000180. The van der Waals surface area contributed by atoms with E-state index < -0.39 is 10.0 Å². The van der Waals surface area contributed by atoms with Crippen molar-refractivity contribution in [2.45, 2.75) is 18.2 Å². The molecule has 1 aliphatic rings. The highest BCUT2D eigenvalue weighted by Gasteiger charge is 2.38. The van der Waals surface area contributed by atoms with Crippen LogP contribution in [0, 0.1) is 5.41 Å². The van der Waals surface area contributed by atoms with Crippen molar-refractivity contribution in [3.63, 3.8) is 0 Å². The second-order valence-electron chi connectivity index (χ2n) is 5.06. The molecule has 1 unspecified atom stereocenters. The van der Waals surface area contributed by atoms with E-state index in [2.05, 4.69) is 0 Å². The Morgan fingerprint density at radius 3 is 2.68 bits per heavy atom. The molecule has 2 rings (SSSR count). The third-order valence-electron chi connectivity index (χ3n) is 3.45. The fourth-order valence-electron chi connectivity index (χ4n) is 2.13. The third-order valence-corrected chi connectivity index (χ3v) is 5.53. The number of hydrogen-bond acceptors (Lipinski definition) is 3. The zero-order chi connectivity index (χ0) is 13.4. The summed E-state index contributed by atoms with van der Waals surface area (Å²) in [6.45, 7) is 3.50. The number of halogens is 2. The average Bonchev–Trinajstić information content (AvgIpc) is 2.73. The van der Waals surface area contributed by atoms with Crippen LogP contribution in [0.5, 0.6) is 0 Å². The van der Waals surface area contributed by atoms with Crippen molar-refractivity contribution < 1.29 is 8.42 Å². The molecule has 0 spiro atoms. The summed E-state index contributed by atoms with van der Waals surface area (Å²) in [6.07, 6.45) is 0.795. The molecule has 1 fully saturated rings. The van der Waals surface area contributed by atoms with E-state index in [0.29, 0.717) is 24.7 Å². The van der Waals surface area contributed by atoms with Crippen LogP contribution in [-0.2, 0) is 10.0 Å². The van der Waals surface area contributed by atoms with Gasteiger partial charge in [-0.1, -0.05) is 24.6 Å². The molecule has 1 aromatic carbocycles. The van der Waals surface area contributed by atoms with Crippen molar-refractivity contribution in [3.05, 3.63) is 29.3 Å². The third kappa shape index (κ3) is 3.41. The SMILES string of the molecule is CC1(CN)CCN(S(=O)(=O)c2cccc(Cl)c2)C1.Cl. The van der Waals surface area contributed by atoms with Gasteiger partial charge in [0, 0.05) is 18.1 Å². The molecule has 0 radical (unpaired) electrons. The fourth-order valence-corrected chi connectivity index (χ4v) is 4.02. The first-order chi connectivity index (χ1) is 8.37. The predicted octanol–water partition coefficient (Wildman–Crippen LogP) is 2.12. The Morgan fingerprint density at radius 1 is 1.47 bits per heavy atom. The van der Waals surface area contributed by atoms with Crippen LogP contribution in [0.2, 0.25) is 5.02 Å². The van der Waals surface area contributed by atoms with Gasteiger partial charge in [-0.05, 0) is 36.6 Å². The molecule has 1 saturated heterocycles. The maximum atomic E-state index is 12.4. The highest BCUT2D eigenvalue weighted by atomic mass is 35.5. The lowest BCUT2D eigenvalue weighted by atomic mass is 9.90. The van der Waals surface area contributed by atoms with Crippen molar-refractivity contribution in [2.75, 3.05) is 19.6 Å². The first-order valence-electron chi connectivity index (χ1n) is 5.83. The number of nitrogens with zero attached hydrogens (tertiary/aromatic N) is 1. The van der Waals surface area contributed by atoms with Crippen LogP contribution in [0.4, 0.5) is 0 Å². The first kappa shape index (κ1) is 16.7. The molecule has 1 aromatic rings. The molecule has 1 aliphatic heterocycles. The summed E-state index contributed by atoms with van der Waals surface area (Å²) in [5.41, 5.74) is 5.57. The minimum absolute atomic E-state index is 0. The monoisotopic (exact) mass is 324 g/mol. The van der Waals surface area contributed by atoms with Crippen molar-refractivity contribution in [1.82, 2.24) is 4.31 Å². The van der Waals surface area contributed by atoms with Gasteiger partial charge in [0.25, 0.3) is 0 Å². The van der Waals surface area contributed by atoms with Crippen LogP contribution in [0.1, 0.15) is 13.3 Å². The molecule has 0 saturated carbocycles. The number of hydrogen-bond donors (Lipinski definition) is 1. The molecule has 7 heteroatoms. The van der Waals surface area contributed by atoms with Crippen LogP contribution < -0.4 is 5.73 Å². The summed E-state index contributed by atoms with van der Waals surface area (Å²) >= 11 is 5.84. The minimum Gasteiger partial charge on any atom is -0.330 e. The minimum atomic E-state index is -3.45. The summed E-state index contributed by atoms with van der Waals surface area (Å²) in [4.78, 5) is 0.247. The summed E-state index contributed by atoms with van der Waals surface area (Å²) in [5, 5.41) is 0.428. The lowest BCUT2D eigenvalue weighted by Crippen LogP contribution is -2.34. The molecular formula is C12H18Cl2N2O2S.